The van der Waals surface area contributed by atoms with Crippen molar-refractivity contribution in [3.05, 3.63) is 30.3 Å². The van der Waals surface area contributed by atoms with Gasteiger partial charge >= 0.3 is 0 Å². The van der Waals surface area contributed by atoms with Gasteiger partial charge in [-0.05, 0) is 37.9 Å². The smallest absolute Gasteiger partial charge is 0.147 e. The lowest BCUT2D eigenvalue weighted by Crippen LogP contribution is -2.43. The first-order chi connectivity index (χ1) is 9.54. The predicted octanol–water partition coefficient (Wildman–Crippen LogP) is 1.68. The van der Waals surface area contributed by atoms with Crippen LogP contribution in [0.5, 0.6) is 0 Å². The van der Waals surface area contributed by atoms with Crippen LogP contribution in [0.3, 0.4) is 0 Å². The fourth-order valence-electron chi connectivity index (χ4n) is 2.62. The van der Waals surface area contributed by atoms with E-state index in [1.807, 2.05) is 6.07 Å². The van der Waals surface area contributed by atoms with Gasteiger partial charge in [0.15, 0.2) is 0 Å². The molecule has 1 heterocycles. The van der Waals surface area contributed by atoms with Crippen molar-refractivity contribution in [3.8, 4) is 0 Å². The van der Waals surface area contributed by atoms with Crippen molar-refractivity contribution in [2.75, 3.05) is 36.5 Å². The average molecular weight is 296 g/mol. The van der Waals surface area contributed by atoms with Gasteiger partial charge in [-0.15, -0.1) is 0 Å². The van der Waals surface area contributed by atoms with E-state index in [0.29, 0.717) is 12.5 Å². The zero-order valence-electron chi connectivity index (χ0n) is 12.1. The minimum Gasteiger partial charge on any atom is -0.371 e. The number of rotatable bonds is 6. The van der Waals surface area contributed by atoms with Gasteiger partial charge in [-0.2, -0.15) is 0 Å². The fraction of sp³-hybridized carbons (Fsp3) is 0.600. The molecule has 1 aliphatic rings. The number of nitrogens with one attached hydrogen (secondary N) is 1. The molecule has 0 saturated carbocycles. The van der Waals surface area contributed by atoms with Crippen LogP contribution >= 0.6 is 0 Å². The first kappa shape index (κ1) is 15.3. The molecule has 5 heteroatoms. The van der Waals surface area contributed by atoms with Gasteiger partial charge in [0.05, 0.1) is 5.75 Å². The van der Waals surface area contributed by atoms with Crippen LogP contribution in [0.1, 0.15) is 19.3 Å². The van der Waals surface area contributed by atoms with Crippen molar-refractivity contribution in [2.45, 2.75) is 25.3 Å². The number of hydrogen-bond acceptors (Lipinski definition) is 4. The highest BCUT2D eigenvalue weighted by Gasteiger charge is 2.18. The SMILES string of the molecule is CS(=O)(=O)CCCNC1CCN(c2ccccc2)CC1. The van der Waals surface area contributed by atoms with Crippen LogP contribution in [-0.2, 0) is 9.84 Å². The Kier molecular flexibility index (Phi) is 5.43. The highest BCUT2D eigenvalue weighted by atomic mass is 32.2. The molecule has 4 nitrogen and oxygen atoms in total. The van der Waals surface area contributed by atoms with Crippen LogP contribution in [0.2, 0.25) is 0 Å². The topological polar surface area (TPSA) is 49.4 Å². The van der Waals surface area contributed by atoms with Crippen molar-refractivity contribution >= 4 is 15.5 Å². The number of sulfone groups is 1. The zero-order valence-corrected chi connectivity index (χ0v) is 12.9. The van der Waals surface area contributed by atoms with E-state index in [-0.39, 0.29) is 5.75 Å². The molecule has 1 N–H and O–H groups in total. The summed E-state index contributed by atoms with van der Waals surface area (Å²) in [4.78, 5) is 2.41. The highest BCUT2D eigenvalue weighted by Crippen LogP contribution is 2.19. The molecule has 0 unspecified atom stereocenters. The lowest BCUT2D eigenvalue weighted by molar-refractivity contribution is 0.416. The number of hydrogen-bond donors (Lipinski definition) is 1. The van der Waals surface area contributed by atoms with E-state index in [1.165, 1.54) is 11.9 Å². The summed E-state index contributed by atoms with van der Waals surface area (Å²) in [6, 6.07) is 11.0. The van der Waals surface area contributed by atoms with Crippen molar-refractivity contribution in [1.29, 1.82) is 0 Å². The van der Waals surface area contributed by atoms with Gasteiger partial charge in [-0.3, -0.25) is 0 Å². The minimum absolute atomic E-state index is 0.281. The van der Waals surface area contributed by atoms with Gasteiger partial charge < -0.3 is 10.2 Å². The summed E-state index contributed by atoms with van der Waals surface area (Å²) >= 11 is 0. The summed E-state index contributed by atoms with van der Waals surface area (Å²) in [6.07, 6.45) is 4.24. The maximum absolute atomic E-state index is 11.0. The number of piperidine rings is 1. The van der Waals surface area contributed by atoms with Crippen LogP contribution in [0.15, 0.2) is 30.3 Å². The standard InChI is InChI=1S/C15H24N2O2S/c1-20(18,19)13-5-10-16-14-8-11-17(12-9-14)15-6-3-2-4-7-15/h2-4,6-7,14,16H,5,8-13H2,1H3. The van der Waals surface area contributed by atoms with Gasteiger partial charge in [0.1, 0.15) is 9.84 Å². The molecule has 0 radical (unpaired) electrons. The van der Waals surface area contributed by atoms with Crippen LogP contribution in [-0.4, -0.2) is 46.1 Å². The van der Waals surface area contributed by atoms with E-state index >= 15 is 0 Å². The third-order valence-electron chi connectivity index (χ3n) is 3.74. The van der Waals surface area contributed by atoms with E-state index in [4.69, 9.17) is 0 Å². The molecule has 20 heavy (non-hydrogen) atoms. The number of anilines is 1. The Labute approximate surface area is 122 Å². The third-order valence-corrected chi connectivity index (χ3v) is 4.77. The molecule has 1 aromatic rings. The molecule has 1 saturated heterocycles. The molecule has 0 spiro atoms. The van der Waals surface area contributed by atoms with E-state index in [2.05, 4.69) is 34.5 Å². The molecule has 0 amide bonds. The fourth-order valence-corrected chi connectivity index (χ4v) is 3.29. The van der Waals surface area contributed by atoms with Crippen molar-refractivity contribution < 1.29 is 8.42 Å². The molecule has 0 atom stereocenters. The molecule has 1 aromatic carbocycles. The average Bonchev–Trinajstić information content (AvgIpc) is 2.44. The van der Waals surface area contributed by atoms with Crippen LogP contribution in [0.4, 0.5) is 5.69 Å². The largest absolute Gasteiger partial charge is 0.371 e. The second kappa shape index (κ2) is 7.09. The lowest BCUT2D eigenvalue weighted by atomic mass is 10.0. The summed E-state index contributed by atoms with van der Waals surface area (Å²) in [6.45, 7) is 2.92. The molecule has 0 aliphatic carbocycles. The molecule has 1 fully saturated rings. The lowest BCUT2D eigenvalue weighted by Gasteiger charge is -2.34. The molecular formula is C15H24N2O2S. The molecule has 0 bridgehead atoms. The van der Waals surface area contributed by atoms with Gasteiger partial charge in [0.2, 0.25) is 0 Å². The van der Waals surface area contributed by atoms with Crippen LogP contribution in [0.25, 0.3) is 0 Å². The second-order valence-corrected chi connectivity index (χ2v) is 7.79. The first-order valence-corrected chi connectivity index (χ1v) is 9.32. The Morgan fingerprint density at radius 3 is 2.45 bits per heavy atom. The Morgan fingerprint density at radius 2 is 1.85 bits per heavy atom. The number of nitrogens with zero attached hydrogens (tertiary/aromatic N) is 1. The second-order valence-electron chi connectivity index (χ2n) is 5.53. The Morgan fingerprint density at radius 1 is 1.20 bits per heavy atom. The predicted molar refractivity (Wildman–Crippen MR) is 84.0 cm³/mol. The van der Waals surface area contributed by atoms with E-state index in [0.717, 1.165) is 32.5 Å². The maximum Gasteiger partial charge on any atom is 0.147 e. The van der Waals surface area contributed by atoms with Crippen molar-refractivity contribution in [3.63, 3.8) is 0 Å². The summed E-state index contributed by atoms with van der Waals surface area (Å²) in [5.41, 5.74) is 1.29. The Balaban J connectivity index is 1.67. The molecule has 112 valence electrons. The van der Waals surface area contributed by atoms with Crippen molar-refractivity contribution in [2.24, 2.45) is 0 Å². The monoisotopic (exact) mass is 296 g/mol. The third kappa shape index (κ3) is 5.13. The first-order valence-electron chi connectivity index (χ1n) is 7.26. The highest BCUT2D eigenvalue weighted by molar-refractivity contribution is 7.90. The normalized spacial score (nSPS) is 17.4. The summed E-state index contributed by atoms with van der Waals surface area (Å²) < 4.78 is 22.1. The van der Waals surface area contributed by atoms with E-state index in [9.17, 15) is 8.42 Å². The quantitative estimate of drug-likeness (QED) is 0.812. The van der Waals surface area contributed by atoms with Gasteiger partial charge in [0, 0.05) is 31.1 Å². The number of para-hydroxylation sites is 1. The maximum atomic E-state index is 11.0. The zero-order chi connectivity index (χ0) is 14.4. The van der Waals surface area contributed by atoms with E-state index in [1.54, 1.807) is 0 Å². The van der Waals surface area contributed by atoms with Crippen molar-refractivity contribution in [1.82, 2.24) is 5.32 Å². The van der Waals surface area contributed by atoms with Gasteiger partial charge in [-0.1, -0.05) is 18.2 Å². The van der Waals surface area contributed by atoms with E-state index < -0.39 is 9.84 Å². The summed E-state index contributed by atoms with van der Waals surface area (Å²) in [7, 11) is -2.82. The molecule has 1 aliphatic heterocycles. The molecule has 2 rings (SSSR count). The molecular weight excluding hydrogens is 272 g/mol. The van der Waals surface area contributed by atoms with Gasteiger partial charge in [0.25, 0.3) is 0 Å². The Bertz CT molecular complexity index is 494. The van der Waals surface area contributed by atoms with Gasteiger partial charge in [-0.25, -0.2) is 8.42 Å². The summed E-state index contributed by atoms with van der Waals surface area (Å²) in [5.74, 6) is 0.281. The number of benzene rings is 1. The minimum atomic E-state index is -2.82. The molecule has 0 aromatic heterocycles. The van der Waals surface area contributed by atoms with Crippen LogP contribution in [0, 0.1) is 0 Å². The Hall–Kier alpha value is -1.07. The summed E-state index contributed by atoms with van der Waals surface area (Å²) in [5, 5.41) is 3.48. The van der Waals surface area contributed by atoms with Crippen LogP contribution < -0.4 is 10.2 Å².